The van der Waals surface area contributed by atoms with Crippen LogP contribution in [0.3, 0.4) is 0 Å². The Morgan fingerprint density at radius 1 is 1.17 bits per heavy atom. The van der Waals surface area contributed by atoms with E-state index < -0.39 is 11.6 Å². The molecule has 3 aromatic rings. The summed E-state index contributed by atoms with van der Waals surface area (Å²) in [4.78, 5) is 44.6. The van der Waals surface area contributed by atoms with Gasteiger partial charge in [0.05, 0.1) is 41.2 Å². The van der Waals surface area contributed by atoms with Gasteiger partial charge < -0.3 is 24.8 Å². The highest BCUT2D eigenvalue weighted by Gasteiger charge is 2.46. The summed E-state index contributed by atoms with van der Waals surface area (Å²) in [6.07, 6.45) is 3.25. The number of carbonyl (C=O) groups is 2. The van der Waals surface area contributed by atoms with Crippen molar-refractivity contribution in [1.29, 1.82) is 0 Å². The fourth-order valence-corrected chi connectivity index (χ4v) is 7.33. The van der Waals surface area contributed by atoms with Gasteiger partial charge in [-0.15, -0.1) is 0 Å². The Morgan fingerprint density at radius 2 is 1.93 bits per heavy atom. The molecule has 0 saturated heterocycles. The monoisotopic (exact) mass is 561 g/mol. The largest absolute Gasteiger partial charge is 0.458 e. The van der Waals surface area contributed by atoms with E-state index in [1.807, 2.05) is 0 Å². The number of aliphatic hydroxyl groups is 2. The number of pyridine rings is 2. The molecule has 4 aliphatic rings. The van der Waals surface area contributed by atoms with Gasteiger partial charge in [0.2, 0.25) is 5.91 Å². The maximum atomic E-state index is 15.1. The highest BCUT2D eigenvalue weighted by Crippen LogP contribution is 2.46. The summed E-state index contributed by atoms with van der Waals surface area (Å²) in [7, 11) is 0. The van der Waals surface area contributed by atoms with Crippen molar-refractivity contribution in [2.24, 2.45) is 5.92 Å². The zero-order valence-electron chi connectivity index (χ0n) is 23.1. The maximum absolute atomic E-state index is 15.1. The van der Waals surface area contributed by atoms with Gasteiger partial charge in [0, 0.05) is 28.5 Å². The van der Waals surface area contributed by atoms with Crippen molar-refractivity contribution in [2.45, 2.75) is 89.7 Å². The van der Waals surface area contributed by atoms with Crippen molar-refractivity contribution in [3.63, 3.8) is 0 Å². The summed E-state index contributed by atoms with van der Waals surface area (Å²) in [5.74, 6) is -1.40. The number of nitrogens with zero attached hydrogens (tertiary/aromatic N) is 2. The van der Waals surface area contributed by atoms with E-state index in [0.717, 1.165) is 22.1 Å². The molecule has 41 heavy (non-hydrogen) atoms. The van der Waals surface area contributed by atoms with Crippen molar-refractivity contribution >= 4 is 22.8 Å². The Kier molecular flexibility index (Phi) is 5.89. The van der Waals surface area contributed by atoms with Crippen LogP contribution in [0.4, 0.5) is 4.39 Å². The van der Waals surface area contributed by atoms with E-state index in [2.05, 4.69) is 5.32 Å². The smallest absolute Gasteiger partial charge is 0.343 e. The summed E-state index contributed by atoms with van der Waals surface area (Å²) in [5.41, 5.74) is 2.55. The first-order valence-electron chi connectivity index (χ1n) is 14.4. The maximum Gasteiger partial charge on any atom is 0.343 e. The number of carbonyl (C=O) groups excluding carboxylic acids is 2. The second kappa shape index (κ2) is 9.19. The van der Waals surface area contributed by atoms with E-state index in [1.54, 1.807) is 24.5 Å². The van der Waals surface area contributed by atoms with E-state index in [4.69, 9.17) is 9.72 Å². The molecule has 2 aromatic heterocycles. The Bertz CT molecular complexity index is 1720. The van der Waals surface area contributed by atoms with E-state index in [0.29, 0.717) is 61.0 Å². The number of halogens is 1. The highest BCUT2D eigenvalue weighted by atomic mass is 19.1. The molecular weight excluding hydrogens is 529 g/mol. The van der Waals surface area contributed by atoms with Crippen molar-refractivity contribution in [1.82, 2.24) is 14.9 Å². The van der Waals surface area contributed by atoms with Gasteiger partial charge in [-0.05, 0) is 74.6 Å². The summed E-state index contributed by atoms with van der Waals surface area (Å²) in [6, 6.07) is 2.69. The Hall–Kier alpha value is -3.63. The number of fused-ring (bicyclic) bond motifs is 5. The number of nitrogens with one attached hydrogen (secondary N) is 1. The number of aromatic nitrogens is 2. The lowest BCUT2D eigenvalue weighted by atomic mass is 9.81. The lowest BCUT2D eigenvalue weighted by Gasteiger charge is -2.32. The van der Waals surface area contributed by atoms with Gasteiger partial charge in [-0.1, -0.05) is 6.92 Å². The molecule has 1 saturated carbocycles. The molecule has 1 amide bonds. The van der Waals surface area contributed by atoms with E-state index in [9.17, 15) is 24.6 Å². The van der Waals surface area contributed by atoms with Gasteiger partial charge >= 0.3 is 5.97 Å². The summed E-state index contributed by atoms with van der Waals surface area (Å²) >= 11 is 0. The molecular formula is C31H32FN3O6. The zero-order chi connectivity index (χ0) is 28.8. The molecule has 9 nitrogen and oxygen atoms in total. The predicted molar refractivity (Wildman–Crippen MR) is 146 cm³/mol. The molecule has 4 heterocycles. The molecule has 1 fully saturated rings. The zero-order valence-corrected chi connectivity index (χ0v) is 23.1. The van der Waals surface area contributed by atoms with Crippen LogP contribution in [0, 0.1) is 18.7 Å². The lowest BCUT2D eigenvalue weighted by Crippen LogP contribution is -2.44. The van der Waals surface area contributed by atoms with Crippen LogP contribution in [0.1, 0.15) is 84.9 Å². The van der Waals surface area contributed by atoms with Crippen molar-refractivity contribution in [3.8, 4) is 11.4 Å². The summed E-state index contributed by atoms with van der Waals surface area (Å²) < 4.78 is 21.9. The van der Waals surface area contributed by atoms with E-state index in [1.165, 1.54) is 6.07 Å². The van der Waals surface area contributed by atoms with Crippen LogP contribution in [0.2, 0.25) is 0 Å². The van der Waals surface area contributed by atoms with Crippen molar-refractivity contribution in [2.75, 3.05) is 0 Å². The van der Waals surface area contributed by atoms with Crippen LogP contribution >= 0.6 is 0 Å². The average molecular weight is 562 g/mol. The molecule has 7 rings (SSSR count). The van der Waals surface area contributed by atoms with E-state index in [-0.39, 0.29) is 66.0 Å². The lowest BCUT2D eigenvalue weighted by molar-refractivity contribution is -0.172. The second-order valence-corrected chi connectivity index (χ2v) is 11.9. The van der Waals surface area contributed by atoms with Crippen molar-refractivity contribution < 1.29 is 28.9 Å². The summed E-state index contributed by atoms with van der Waals surface area (Å²) in [5, 5.41) is 25.2. The average Bonchev–Trinajstić information content (AvgIpc) is 3.33. The van der Waals surface area contributed by atoms with Crippen molar-refractivity contribution in [3.05, 3.63) is 61.7 Å². The first-order valence-corrected chi connectivity index (χ1v) is 14.4. The molecule has 10 heteroatoms. The number of amides is 1. The standard InChI is InChI=1S/C31H32FN3O6/c1-3-31(40)20-10-24-27-18(12-35(24)29(38)19(20)13-41-30(31)39)26-22(34-28(37)15-4-6-16(36)7-5-15)9-8-17-14(2)21(32)11-23(33-27)25(17)26/h10-11,15-16,22,36,40H,3-9,12-13H2,1-2H3,(H,34,37)/t15?,16?,22?,31-/m0/s1. The molecule has 1 unspecified atom stereocenters. The van der Waals surface area contributed by atoms with Crippen LogP contribution < -0.4 is 10.9 Å². The number of cyclic esters (lactones) is 1. The molecule has 0 radical (unpaired) electrons. The highest BCUT2D eigenvalue weighted by molar-refractivity contribution is 5.94. The fraction of sp³-hybridized carbons (Fsp3) is 0.484. The minimum absolute atomic E-state index is 0.0329. The molecule has 214 valence electrons. The van der Waals surface area contributed by atoms with Gasteiger partial charge in [0.15, 0.2) is 5.60 Å². The van der Waals surface area contributed by atoms with Crippen LogP contribution in [0.15, 0.2) is 16.9 Å². The number of aliphatic hydroxyl groups excluding tert-OH is 1. The third kappa shape index (κ3) is 3.73. The van der Waals surface area contributed by atoms with Crippen LogP contribution in [-0.4, -0.2) is 37.7 Å². The van der Waals surface area contributed by atoms with Crippen LogP contribution in [0.5, 0.6) is 0 Å². The fourth-order valence-electron chi connectivity index (χ4n) is 7.33. The third-order valence-corrected chi connectivity index (χ3v) is 9.76. The van der Waals surface area contributed by atoms with Gasteiger partial charge in [0.25, 0.3) is 5.56 Å². The number of benzene rings is 1. The quantitative estimate of drug-likeness (QED) is 0.328. The molecule has 3 N–H and O–H groups in total. The molecule has 1 aromatic carbocycles. The number of aryl methyl sites for hydroxylation is 1. The van der Waals surface area contributed by atoms with Crippen LogP contribution in [-0.2, 0) is 39.5 Å². The third-order valence-electron chi connectivity index (χ3n) is 9.76. The number of rotatable bonds is 3. The van der Waals surface area contributed by atoms with Gasteiger partial charge in [-0.2, -0.15) is 0 Å². The van der Waals surface area contributed by atoms with Crippen LogP contribution in [0.25, 0.3) is 22.3 Å². The number of hydrogen-bond donors (Lipinski definition) is 3. The Balaban J connectivity index is 1.41. The van der Waals surface area contributed by atoms with Gasteiger partial charge in [-0.25, -0.2) is 14.2 Å². The number of hydrogen-bond acceptors (Lipinski definition) is 7. The molecule has 2 atom stereocenters. The first-order chi connectivity index (χ1) is 19.6. The Morgan fingerprint density at radius 3 is 2.66 bits per heavy atom. The predicted octanol–water partition coefficient (Wildman–Crippen LogP) is 3.18. The van der Waals surface area contributed by atoms with E-state index >= 15 is 4.39 Å². The second-order valence-electron chi connectivity index (χ2n) is 11.9. The molecule has 2 aliphatic heterocycles. The number of ether oxygens (including phenoxy) is 1. The molecule has 0 bridgehead atoms. The van der Waals surface area contributed by atoms with Gasteiger partial charge in [-0.3, -0.25) is 9.59 Å². The normalized spacial score (nSPS) is 26.3. The Labute approximate surface area is 235 Å². The minimum Gasteiger partial charge on any atom is -0.458 e. The minimum atomic E-state index is -1.95. The summed E-state index contributed by atoms with van der Waals surface area (Å²) in [6.45, 7) is 3.38. The number of esters is 1. The topological polar surface area (TPSA) is 131 Å². The molecule has 0 spiro atoms. The SMILES string of the molecule is CC[C@@]1(O)C(=O)OCc2c1cc1n(c2=O)Cc2c-1nc1cc(F)c(C)c3c1c2C(NC(=O)C1CCC(O)CC1)CC3. The first kappa shape index (κ1) is 26.3. The van der Waals surface area contributed by atoms with Gasteiger partial charge in [0.1, 0.15) is 12.4 Å². The molecule has 2 aliphatic carbocycles.